The van der Waals surface area contributed by atoms with Crippen LogP contribution in [0.3, 0.4) is 0 Å². The first-order chi connectivity index (χ1) is 6.15. The Balaban J connectivity index is 2.66. The molecule has 0 saturated carbocycles. The molecule has 0 aliphatic carbocycles. The Bertz CT molecular complexity index is 282. The normalized spacial score (nSPS) is 10.1. The molecule has 0 bridgehead atoms. The van der Waals surface area contributed by atoms with Gasteiger partial charge in [-0.25, -0.2) is 4.79 Å². The molecule has 0 radical (unpaired) electrons. The molecule has 3 heteroatoms. The minimum absolute atomic E-state index is 0.192. The van der Waals surface area contributed by atoms with Gasteiger partial charge in [-0.2, -0.15) is 0 Å². The quantitative estimate of drug-likeness (QED) is 0.698. The van der Waals surface area contributed by atoms with Crippen molar-refractivity contribution < 1.29 is 9.53 Å². The molecule has 1 rings (SSSR count). The molecule has 0 amide bonds. The van der Waals surface area contributed by atoms with Crippen LogP contribution < -0.4 is 0 Å². The van der Waals surface area contributed by atoms with Gasteiger partial charge >= 0.3 is 5.97 Å². The maximum Gasteiger partial charge on any atom is 0.348 e. The van der Waals surface area contributed by atoms with E-state index in [-0.39, 0.29) is 5.97 Å². The van der Waals surface area contributed by atoms with Crippen LogP contribution >= 0.6 is 11.3 Å². The van der Waals surface area contributed by atoms with Crippen LogP contribution in [0.4, 0.5) is 0 Å². The van der Waals surface area contributed by atoms with Gasteiger partial charge in [0.2, 0.25) is 0 Å². The number of carbonyl (C=O) groups excluding carboxylic acids is 1. The second kappa shape index (κ2) is 4.42. The first-order valence-corrected chi connectivity index (χ1v) is 5.21. The fourth-order valence-corrected chi connectivity index (χ4v) is 1.87. The average Bonchev–Trinajstić information content (AvgIpc) is 2.43. The Morgan fingerprint density at radius 1 is 1.54 bits per heavy atom. The van der Waals surface area contributed by atoms with Crippen LogP contribution in [0, 0.1) is 13.8 Å². The van der Waals surface area contributed by atoms with Crippen LogP contribution in [0.1, 0.15) is 33.5 Å². The van der Waals surface area contributed by atoms with Crippen LogP contribution in [0.2, 0.25) is 0 Å². The van der Waals surface area contributed by atoms with Gasteiger partial charge in [0.25, 0.3) is 0 Å². The molecule has 0 N–H and O–H groups in total. The highest BCUT2D eigenvalue weighted by Crippen LogP contribution is 2.21. The SMILES string of the molecule is CCCOC(=O)c1cc(C)c(C)s1. The molecular weight excluding hydrogens is 184 g/mol. The van der Waals surface area contributed by atoms with Gasteiger partial charge in [0, 0.05) is 4.88 Å². The van der Waals surface area contributed by atoms with Crippen LogP contribution in [0.25, 0.3) is 0 Å². The summed E-state index contributed by atoms with van der Waals surface area (Å²) in [5.74, 6) is -0.192. The Labute approximate surface area is 82.5 Å². The molecule has 1 heterocycles. The minimum Gasteiger partial charge on any atom is -0.462 e. The van der Waals surface area contributed by atoms with Crippen LogP contribution in [-0.2, 0) is 4.74 Å². The summed E-state index contributed by atoms with van der Waals surface area (Å²) >= 11 is 1.50. The summed E-state index contributed by atoms with van der Waals surface area (Å²) in [6.45, 7) is 6.51. The summed E-state index contributed by atoms with van der Waals surface area (Å²) in [6, 6.07) is 1.89. The number of hydrogen-bond acceptors (Lipinski definition) is 3. The maximum absolute atomic E-state index is 11.4. The monoisotopic (exact) mass is 198 g/mol. The van der Waals surface area contributed by atoms with E-state index in [9.17, 15) is 4.79 Å². The first-order valence-electron chi connectivity index (χ1n) is 4.39. The molecule has 0 unspecified atom stereocenters. The highest BCUT2D eigenvalue weighted by molar-refractivity contribution is 7.14. The summed E-state index contributed by atoms with van der Waals surface area (Å²) < 4.78 is 5.02. The lowest BCUT2D eigenvalue weighted by Crippen LogP contribution is -2.03. The second-order valence-corrected chi connectivity index (χ2v) is 4.24. The van der Waals surface area contributed by atoms with E-state index in [0.29, 0.717) is 11.5 Å². The van der Waals surface area contributed by atoms with Crippen molar-refractivity contribution in [1.82, 2.24) is 0 Å². The third-order valence-corrected chi connectivity index (χ3v) is 2.94. The van der Waals surface area contributed by atoms with Gasteiger partial charge < -0.3 is 4.74 Å². The lowest BCUT2D eigenvalue weighted by atomic mass is 10.3. The van der Waals surface area contributed by atoms with E-state index in [1.807, 2.05) is 26.8 Å². The first kappa shape index (κ1) is 10.3. The molecule has 72 valence electrons. The number of aryl methyl sites for hydroxylation is 2. The third-order valence-electron chi connectivity index (χ3n) is 1.80. The number of carbonyl (C=O) groups is 1. The van der Waals surface area contributed by atoms with Crippen molar-refractivity contribution in [1.29, 1.82) is 0 Å². The van der Waals surface area contributed by atoms with E-state index in [2.05, 4.69) is 0 Å². The van der Waals surface area contributed by atoms with E-state index in [4.69, 9.17) is 4.74 Å². The standard InChI is InChI=1S/C10H14O2S/c1-4-5-12-10(11)9-6-7(2)8(3)13-9/h6H,4-5H2,1-3H3. The van der Waals surface area contributed by atoms with Gasteiger partial charge in [0.15, 0.2) is 0 Å². The molecule has 1 aromatic rings. The van der Waals surface area contributed by atoms with E-state index >= 15 is 0 Å². The van der Waals surface area contributed by atoms with E-state index in [1.54, 1.807) is 0 Å². The number of esters is 1. The second-order valence-electron chi connectivity index (χ2n) is 2.99. The van der Waals surface area contributed by atoms with Gasteiger partial charge in [-0.15, -0.1) is 11.3 Å². The Hall–Kier alpha value is -0.830. The molecule has 0 spiro atoms. The van der Waals surface area contributed by atoms with E-state index in [0.717, 1.165) is 12.0 Å². The maximum atomic E-state index is 11.4. The summed E-state index contributed by atoms with van der Waals surface area (Å²) in [6.07, 6.45) is 0.870. The average molecular weight is 198 g/mol. The lowest BCUT2D eigenvalue weighted by molar-refractivity contribution is 0.0511. The van der Waals surface area contributed by atoms with Crippen molar-refractivity contribution in [2.45, 2.75) is 27.2 Å². The molecular formula is C10H14O2S. The third kappa shape index (κ3) is 2.56. The van der Waals surface area contributed by atoms with Crippen molar-refractivity contribution in [3.63, 3.8) is 0 Å². The van der Waals surface area contributed by atoms with E-state index in [1.165, 1.54) is 16.2 Å². The van der Waals surface area contributed by atoms with Crippen molar-refractivity contribution in [3.05, 3.63) is 21.4 Å². The van der Waals surface area contributed by atoms with Gasteiger partial charge in [0.1, 0.15) is 4.88 Å². The number of thiophene rings is 1. The van der Waals surface area contributed by atoms with Crippen molar-refractivity contribution in [2.75, 3.05) is 6.61 Å². The van der Waals surface area contributed by atoms with Gasteiger partial charge in [0.05, 0.1) is 6.61 Å². The predicted octanol–water partition coefficient (Wildman–Crippen LogP) is 2.93. The molecule has 0 atom stereocenters. The van der Waals surface area contributed by atoms with Gasteiger partial charge in [-0.3, -0.25) is 0 Å². The highest BCUT2D eigenvalue weighted by Gasteiger charge is 2.10. The molecule has 0 saturated heterocycles. The van der Waals surface area contributed by atoms with Crippen molar-refractivity contribution in [3.8, 4) is 0 Å². The Kier molecular flexibility index (Phi) is 3.48. The molecule has 13 heavy (non-hydrogen) atoms. The molecule has 1 aromatic heterocycles. The number of hydrogen-bond donors (Lipinski definition) is 0. The number of rotatable bonds is 3. The zero-order valence-corrected chi connectivity index (χ0v) is 9.03. The highest BCUT2D eigenvalue weighted by atomic mass is 32.1. The Morgan fingerprint density at radius 3 is 2.69 bits per heavy atom. The van der Waals surface area contributed by atoms with Gasteiger partial charge in [-0.1, -0.05) is 6.92 Å². The molecule has 0 aliphatic heterocycles. The fourth-order valence-electron chi connectivity index (χ4n) is 0.940. The van der Waals surface area contributed by atoms with Crippen molar-refractivity contribution in [2.24, 2.45) is 0 Å². The molecule has 0 aliphatic rings. The summed E-state index contributed by atoms with van der Waals surface area (Å²) in [5.41, 5.74) is 1.16. The zero-order valence-electron chi connectivity index (χ0n) is 8.22. The topological polar surface area (TPSA) is 26.3 Å². The van der Waals surface area contributed by atoms with Crippen LogP contribution in [0.5, 0.6) is 0 Å². The summed E-state index contributed by atoms with van der Waals surface area (Å²) in [4.78, 5) is 13.3. The van der Waals surface area contributed by atoms with E-state index < -0.39 is 0 Å². The lowest BCUT2D eigenvalue weighted by Gasteiger charge is -1.98. The largest absolute Gasteiger partial charge is 0.462 e. The summed E-state index contributed by atoms with van der Waals surface area (Å²) in [7, 11) is 0. The van der Waals surface area contributed by atoms with Crippen LogP contribution in [0.15, 0.2) is 6.07 Å². The van der Waals surface area contributed by atoms with Crippen molar-refractivity contribution >= 4 is 17.3 Å². The molecule has 0 fully saturated rings. The fraction of sp³-hybridized carbons (Fsp3) is 0.500. The molecule has 0 aromatic carbocycles. The summed E-state index contributed by atoms with van der Waals surface area (Å²) in [5, 5.41) is 0. The zero-order chi connectivity index (χ0) is 9.84. The number of ether oxygens (including phenoxy) is 1. The molecule has 2 nitrogen and oxygen atoms in total. The Morgan fingerprint density at radius 2 is 2.23 bits per heavy atom. The van der Waals surface area contributed by atoms with Gasteiger partial charge in [-0.05, 0) is 31.9 Å². The van der Waals surface area contributed by atoms with Crippen LogP contribution in [-0.4, -0.2) is 12.6 Å². The minimum atomic E-state index is -0.192. The smallest absolute Gasteiger partial charge is 0.348 e. The predicted molar refractivity (Wildman–Crippen MR) is 54.4 cm³/mol.